The summed E-state index contributed by atoms with van der Waals surface area (Å²) in [5.41, 5.74) is 0. The van der Waals surface area contributed by atoms with Crippen molar-refractivity contribution in [2.75, 3.05) is 6.61 Å². The Kier molecular flexibility index (Phi) is 8.24. The molecule has 1 atom stereocenters. The van der Waals surface area contributed by atoms with E-state index in [0.29, 0.717) is 6.61 Å². The van der Waals surface area contributed by atoms with E-state index in [4.69, 9.17) is 9.47 Å². The van der Waals surface area contributed by atoms with Gasteiger partial charge in [0.15, 0.2) is 6.29 Å². The van der Waals surface area contributed by atoms with E-state index >= 15 is 0 Å². The molecule has 0 aliphatic carbocycles. The third-order valence-corrected chi connectivity index (χ3v) is 1.49. The van der Waals surface area contributed by atoms with Gasteiger partial charge in [-0.1, -0.05) is 13.3 Å². The Balaban J connectivity index is 3.21. The van der Waals surface area contributed by atoms with E-state index in [2.05, 4.69) is 6.92 Å². The van der Waals surface area contributed by atoms with Crippen LogP contribution in [0.1, 0.15) is 40.0 Å². The van der Waals surface area contributed by atoms with Crippen LogP contribution >= 0.6 is 0 Å². The van der Waals surface area contributed by atoms with E-state index in [1.807, 2.05) is 19.9 Å². The normalized spacial score (nSPS) is 13.6. The molecule has 72 valence electrons. The molecule has 0 rings (SSSR count). The summed E-state index contributed by atoms with van der Waals surface area (Å²) in [6.45, 7) is 6.73. The van der Waals surface area contributed by atoms with E-state index in [0.717, 1.165) is 6.42 Å². The maximum Gasteiger partial charge on any atom is 0.196 e. The smallest absolute Gasteiger partial charge is 0.196 e. The van der Waals surface area contributed by atoms with Gasteiger partial charge in [0.1, 0.15) is 0 Å². The lowest BCUT2D eigenvalue weighted by Crippen LogP contribution is -2.08. The summed E-state index contributed by atoms with van der Waals surface area (Å²) in [6.07, 6.45) is 7.20. The van der Waals surface area contributed by atoms with Crippen molar-refractivity contribution in [2.45, 2.75) is 46.3 Å². The molecule has 0 radical (unpaired) electrons. The second-order valence-electron chi connectivity index (χ2n) is 2.67. The van der Waals surface area contributed by atoms with E-state index in [1.165, 1.54) is 12.8 Å². The van der Waals surface area contributed by atoms with Gasteiger partial charge in [-0.15, -0.1) is 0 Å². The molecular formula is C10H20O2. The molecule has 0 heterocycles. The molecule has 0 N–H and O–H groups in total. The molecule has 0 aromatic rings. The highest BCUT2D eigenvalue weighted by molar-refractivity contribution is 4.72. The van der Waals surface area contributed by atoms with Gasteiger partial charge in [-0.05, 0) is 32.8 Å². The Bertz CT molecular complexity index is 110. The lowest BCUT2D eigenvalue weighted by Gasteiger charge is -2.09. The van der Waals surface area contributed by atoms with Crippen LogP contribution in [0.15, 0.2) is 12.3 Å². The minimum absolute atomic E-state index is 0.118. The zero-order valence-corrected chi connectivity index (χ0v) is 8.38. The van der Waals surface area contributed by atoms with E-state index < -0.39 is 0 Å². The molecule has 0 fully saturated rings. The molecule has 2 heteroatoms. The molecule has 0 saturated carbocycles. The quantitative estimate of drug-likeness (QED) is 0.334. The van der Waals surface area contributed by atoms with Crippen LogP contribution in [-0.2, 0) is 9.47 Å². The molecule has 1 unspecified atom stereocenters. The first-order chi connectivity index (χ1) is 5.81. The largest absolute Gasteiger partial charge is 0.473 e. The van der Waals surface area contributed by atoms with Crippen molar-refractivity contribution < 1.29 is 9.47 Å². The van der Waals surface area contributed by atoms with Gasteiger partial charge in [0.2, 0.25) is 0 Å². The predicted octanol–water partition coefficient (Wildman–Crippen LogP) is 3.09. The van der Waals surface area contributed by atoms with Crippen molar-refractivity contribution in [1.29, 1.82) is 0 Å². The van der Waals surface area contributed by atoms with Crippen molar-refractivity contribution in [3.05, 3.63) is 12.3 Å². The molecule has 0 aromatic carbocycles. The first-order valence-electron chi connectivity index (χ1n) is 4.73. The zero-order valence-electron chi connectivity index (χ0n) is 8.38. The summed E-state index contributed by atoms with van der Waals surface area (Å²) in [4.78, 5) is 0. The zero-order chi connectivity index (χ0) is 9.23. The Labute approximate surface area is 75.6 Å². The SMILES string of the molecule is CCCCC=COC(C)OCC. The summed E-state index contributed by atoms with van der Waals surface area (Å²) >= 11 is 0. The van der Waals surface area contributed by atoms with Crippen LogP contribution in [0.4, 0.5) is 0 Å². The van der Waals surface area contributed by atoms with E-state index in [-0.39, 0.29) is 6.29 Å². The summed E-state index contributed by atoms with van der Waals surface area (Å²) < 4.78 is 10.4. The van der Waals surface area contributed by atoms with Crippen LogP contribution in [0.25, 0.3) is 0 Å². The number of hydrogen-bond donors (Lipinski definition) is 0. The fourth-order valence-corrected chi connectivity index (χ4v) is 0.830. The summed E-state index contributed by atoms with van der Waals surface area (Å²) in [5, 5.41) is 0. The maximum absolute atomic E-state index is 5.23. The monoisotopic (exact) mass is 172 g/mol. The Morgan fingerprint density at radius 3 is 2.67 bits per heavy atom. The second-order valence-corrected chi connectivity index (χ2v) is 2.67. The minimum Gasteiger partial charge on any atom is -0.473 e. The lowest BCUT2D eigenvalue weighted by atomic mass is 10.2. The van der Waals surface area contributed by atoms with Crippen molar-refractivity contribution in [2.24, 2.45) is 0 Å². The molecule has 0 amide bonds. The number of rotatable bonds is 7. The molecule has 0 aromatic heterocycles. The van der Waals surface area contributed by atoms with Gasteiger partial charge in [-0.2, -0.15) is 0 Å². The summed E-state index contributed by atoms with van der Waals surface area (Å²) in [5.74, 6) is 0. The molecule has 0 spiro atoms. The fraction of sp³-hybridized carbons (Fsp3) is 0.800. The molecular weight excluding hydrogens is 152 g/mol. The van der Waals surface area contributed by atoms with Gasteiger partial charge in [-0.3, -0.25) is 0 Å². The van der Waals surface area contributed by atoms with Crippen LogP contribution in [0.2, 0.25) is 0 Å². The van der Waals surface area contributed by atoms with E-state index in [9.17, 15) is 0 Å². The number of unbranched alkanes of at least 4 members (excludes halogenated alkanes) is 2. The Morgan fingerprint density at radius 2 is 2.08 bits per heavy atom. The number of allylic oxidation sites excluding steroid dienone is 1. The predicted molar refractivity (Wildman–Crippen MR) is 50.8 cm³/mol. The highest BCUT2D eigenvalue weighted by atomic mass is 16.7. The fourth-order valence-electron chi connectivity index (χ4n) is 0.830. The molecule has 0 bridgehead atoms. The number of ether oxygens (including phenoxy) is 2. The van der Waals surface area contributed by atoms with Gasteiger partial charge in [0.25, 0.3) is 0 Å². The van der Waals surface area contributed by atoms with Gasteiger partial charge < -0.3 is 9.47 Å². The summed E-state index contributed by atoms with van der Waals surface area (Å²) in [7, 11) is 0. The first-order valence-corrected chi connectivity index (χ1v) is 4.73. The van der Waals surface area contributed by atoms with Crippen molar-refractivity contribution >= 4 is 0 Å². The first kappa shape index (κ1) is 11.5. The molecule has 12 heavy (non-hydrogen) atoms. The molecule has 0 saturated heterocycles. The second kappa shape index (κ2) is 8.60. The van der Waals surface area contributed by atoms with E-state index in [1.54, 1.807) is 6.26 Å². The Hall–Kier alpha value is -0.500. The van der Waals surface area contributed by atoms with Gasteiger partial charge in [0, 0.05) is 6.61 Å². The van der Waals surface area contributed by atoms with Crippen molar-refractivity contribution in [1.82, 2.24) is 0 Å². The third kappa shape index (κ3) is 7.61. The van der Waals surface area contributed by atoms with Crippen LogP contribution in [0, 0.1) is 0 Å². The Morgan fingerprint density at radius 1 is 1.33 bits per heavy atom. The number of hydrogen-bond acceptors (Lipinski definition) is 2. The minimum atomic E-state index is -0.118. The third-order valence-electron chi connectivity index (χ3n) is 1.49. The van der Waals surface area contributed by atoms with Crippen LogP contribution in [0.5, 0.6) is 0 Å². The topological polar surface area (TPSA) is 18.5 Å². The standard InChI is InChI=1S/C10H20O2/c1-4-6-7-8-9-12-10(3)11-5-2/h8-10H,4-7H2,1-3H3. The van der Waals surface area contributed by atoms with Crippen molar-refractivity contribution in [3.63, 3.8) is 0 Å². The average molecular weight is 172 g/mol. The molecule has 0 aliphatic heterocycles. The lowest BCUT2D eigenvalue weighted by molar-refractivity contribution is -0.0883. The van der Waals surface area contributed by atoms with Gasteiger partial charge in [0.05, 0.1) is 6.26 Å². The van der Waals surface area contributed by atoms with Crippen molar-refractivity contribution in [3.8, 4) is 0 Å². The van der Waals surface area contributed by atoms with Gasteiger partial charge in [-0.25, -0.2) is 0 Å². The maximum atomic E-state index is 5.23. The molecule has 2 nitrogen and oxygen atoms in total. The van der Waals surface area contributed by atoms with Crippen LogP contribution < -0.4 is 0 Å². The van der Waals surface area contributed by atoms with Gasteiger partial charge >= 0.3 is 0 Å². The van der Waals surface area contributed by atoms with Crippen LogP contribution in [0.3, 0.4) is 0 Å². The summed E-state index contributed by atoms with van der Waals surface area (Å²) in [6, 6.07) is 0. The highest BCUT2D eigenvalue weighted by Crippen LogP contribution is 1.98. The average Bonchev–Trinajstić information content (AvgIpc) is 2.05. The highest BCUT2D eigenvalue weighted by Gasteiger charge is 1.94. The van der Waals surface area contributed by atoms with Crippen LogP contribution in [-0.4, -0.2) is 12.9 Å². The molecule has 0 aliphatic rings.